The van der Waals surface area contributed by atoms with E-state index in [0.29, 0.717) is 16.8 Å². The Labute approximate surface area is 165 Å². The first kappa shape index (κ1) is 18.2. The number of carbonyl (C=O) groups is 1. The molecule has 7 heteroatoms. The third kappa shape index (κ3) is 3.89. The van der Waals surface area contributed by atoms with Crippen LogP contribution in [0.3, 0.4) is 0 Å². The molecule has 4 rings (SSSR count). The number of aromatic nitrogens is 2. The van der Waals surface area contributed by atoms with Gasteiger partial charge in [-0.05, 0) is 19.1 Å². The Morgan fingerprint density at radius 2 is 1.96 bits per heavy atom. The molecule has 0 amide bonds. The molecular weight excluding hydrogens is 376 g/mol. The number of carbonyl (C=O) groups excluding carboxylic acids is 1. The Morgan fingerprint density at radius 3 is 2.79 bits per heavy atom. The number of fused-ring (bicyclic) bond motifs is 1. The minimum Gasteiger partial charge on any atom is -0.459 e. The molecule has 2 aromatic heterocycles. The summed E-state index contributed by atoms with van der Waals surface area (Å²) in [5.74, 6) is -0.863. The van der Waals surface area contributed by atoms with Crippen molar-refractivity contribution in [1.29, 1.82) is 0 Å². The van der Waals surface area contributed by atoms with Crippen LogP contribution in [-0.4, -0.2) is 15.5 Å². The van der Waals surface area contributed by atoms with Crippen LogP contribution in [0.25, 0.3) is 21.7 Å². The third-order valence-corrected chi connectivity index (χ3v) is 5.28. The highest BCUT2D eigenvalue weighted by Gasteiger charge is 2.12. The molecule has 0 N–H and O–H groups in total. The summed E-state index contributed by atoms with van der Waals surface area (Å²) >= 11 is 1.51. The molecule has 0 aliphatic heterocycles. The number of thiazole rings is 1. The number of para-hydroxylation sites is 2. The number of nitrogens with zero attached hydrogens (tertiary/aromatic N) is 2. The SMILES string of the molecule is Cc1ccc(-c2nc(COC(=O)CCn3c(=O)oc4ccccc43)cs2)cc1. The monoisotopic (exact) mass is 394 g/mol. The highest BCUT2D eigenvalue weighted by molar-refractivity contribution is 7.13. The van der Waals surface area contributed by atoms with E-state index in [1.807, 2.05) is 42.6 Å². The fraction of sp³-hybridized carbons (Fsp3) is 0.190. The van der Waals surface area contributed by atoms with Crippen LogP contribution in [-0.2, 0) is 22.7 Å². The van der Waals surface area contributed by atoms with Gasteiger partial charge in [-0.15, -0.1) is 11.3 Å². The molecule has 0 saturated heterocycles. The van der Waals surface area contributed by atoms with Gasteiger partial charge in [-0.25, -0.2) is 9.78 Å². The van der Waals surface area contributed by atoms with Gasteiger partial charge in [0, 0.05) is 17.5 Å². The Hall–Kier alpha value is -3.19. The van der Waals surface area contributed by atoms with E-state index < -0.39 is 5.76 Å². The van der Waals surface area contributed by atoms with Crippen LogP contribution in [0.5, 0.6) is 0 Å². The first-order valence-electron chi connectivity index (χ1n) is 8.85. The van der Waals surface area contributed by atoms with Gasteiger partial charge >= 0.3 is 11.7 Å². The van der Waals surface area contributed by atoms with Crippen LogP contribution >= 0.6 is 11.3 Å². The minimum absolute atomic E-state index is 0.0817. The van der Waals surface area contributed by atoms with Crippen LogP contribution in [0.15, 0.2) is 63.1 Å². The van der Waals surface area contributed by atoms with Crippen molar-refractivity contribution in [2.45, 2.75) is 26.5 Å². The summed E-state index contributed by atoms with van der Waals surface area (Å²) in [7, 11) is 0. The third-order valence-electron chi connectivity index (χ3n) is 4.34. The number of hydrogen-bond donors (Lipinski definition) is 0. The van der Waals surface area contributed by atoms with E-state index >= 15 is 0 Å². The zero-order chi connectivity index (χ0) is 19.5. The van der Waals surface area contributed by atoms with Crippen LogP contribution in [0.4, 0.5) is 0 Å². The molecule has 142 valence electrons. The number of hydrogen-bond acceptors (Lipinski definition) is 6. The summed E-state index contributed by atoms with van der Waals surface area (Å²) in [6.07, 6.45) is 0.0817. The average Bonchev–Trinajstić information content (AvgIpc) is 3.29. The van der Waals surface area contributed by atoms with E-state index in [1.165, 1.54) is 21.5 Å². The summed E-state index contributed by atoms with van der Waals surface area (Å²) < 4.78 is 11.9. The van der Waals surface area contributed by atoms with Crippen LogP contribution in [0, 0.1) is 6.92 Å². The first-order chi connectivity index (χ1) is 13.6. The summed E-state index contributed by atoms with van der Waals surface area (Å²) in [6, 6.07) is 15.2. The molecule has 0 aliphatic rings. The fourth-order valence-electron chi connectivity index (χ4n) is 2.86. The molecule has 4 aromatic rings. The average molecular weight is 394 g/mol. The molecule has 0 bridgehead atoms. The second-order valence-electron chi connectivity index (χ2n) is 6.41. The van der Waals surface area contributed by atoms with Crippen LogP contribution < -0.4 is 5.76 Å². The van der Waals surface area contributed by atoms with Crippen molar-refractivity contribution in [2.75, 3.05) is 0 Å². The number of esters is 1. The second kappa shape index (κ2) is 7.82. The lowest BCUT2D eigenvalue weighted by Gasteiger charge is -2.04. The Kier molecular flexibility index (Phi) is 5.08. The maximum absolute atomic E-state index is 12.1. The van der Waals surface area contributed by atoms with Gasteiger partial charge in [0.25, 0.3) is 0 Å². The summed E-state index contributed by atoms with van der Waals surface area (Å²) in [5, 5.41) is 2.78. The standard InChI is InChI=1S/C21H18N2O4S/c1-14-6-8-15(9-7-14)20-22-16(13-28-20)12-26-19(24)10-11-23-17-4-2-3-5-18(17)27-21(23)25/h2-9,13H,10-12H2,1H3. The van der Waals surface area contributed by atoms with Crippen LogP contribution in [0.2, 0.25) is 0 Å². The van der Waals surface area contributed by atoms with Crippen molar-refractivity contribution < 1.29 is 13.9 Å². The number of ether oxygens (including phenoxy) is 1. The molecule has 0 saturated carbocycles. The lowest BCUT2D eigenvalue weighted by molar-refractivity contribution is -0.145. The van der Waals surface area contributed by atoms with Crippen molar-refractivity contribution >= 4 is 28.4 Å². The largest absolute Gasteiger partial charge is 0.459 e. The molecule has 28 heavy (non-hydrogen) atoms. The lowest BCUT2D eigenvalue weighted by Crippen LogP contribution is -2.17. The summed E-state index contributed by atoms with van der Waals surface area (Å²) in [6.45, 7) is 2.36. The molecule has 6 nitrogen and oxygen atoms in total. The highest BCUT2D eigenvalue weighted by Crippen LogP contribution is 2.24. The van der Waals surface area contributed by atoms with Gasteiger partial charge in [-0.2, -0.15) is 0 Å². The molecule has 0 spiro atoms. The van der Waals surface area contributed by atoms with E-state index in [2.05, 4.69) is 4.98 Å². The van der Waals surface area contributed by atoms with Crippen molar-refractivity contribution in [3.8, 4) is 10.6 Å². The zero-order valence-corrected chi connectivity index (χ0v) is 16.1. The molecule has 2 heterocycles. The van der Waals surface area contributed by atoms with Gasteiger partial charge in [0.1, 0.15) is 11.6 Å². The van der Waals surface area contributed by atoms with Gasteiger partial charge in [0.05, 0.1) is 17.6 Å². The van der Waals surface area contributed by atoms with Gasteiger partial charge in [0.15, 0.2) is 5.58 Å². The quantitative estimate of drug-likeness (QED) is 0.459. The molecule has 0 radical (unpaired) electrons. The van der Waals surface area contributed by atoms with E-state index in [-0.39, 0.29) is 25.5 Å². The predicted octanol–water partition coefficient (Wildman–Crippen LogP) is 4.16. The molecule has 0 atom stereocenters. The number of rotatable bonds is 6. The van der Waals surface area contributed by atoms with Gasteiger partial charge < -0.3 is 9.15 Å². The maximum Gasteiger partial charge on any atom is 0.419 e. The van der Waals surface area contributed by atoms with E-state index in [1.54, 1.807) is 18.2 Å². The van der Waals surface area contributed by atoms with Crippen molar-refractivity contribution in [1.82, 2.24) is 9.55 Å². The van der Waals surface area contributed by atoms with Gasteiger partial charge in [0.2, 0.25) is 0 Å². The molecule has 0 fully saturated rings. The number of oxazole rings is 1. The fourth-order valence-corrected chi connectivity index (χ4v) is 3.67. The Morgan fingerprint density at radius 1 is 1.18 bits per heavy atom. The normalized spacial score (nSPS) is 11.0. The zero-order valence-electron chi connectivity index (χ0n) is 15.3. The molecule has 0 unspecified atom stereocenters. The summed E-state index contributed by atoms with van der Waals surface area (Å²) in [5.41, 5.74) is 4.12. The van der Waals surface area contributed by atoms with Crippen LogP contribution in [0.1, 0.15) is 17.7 Å². The van der Waals surface area contributed by atoms with Gasteiger partial charge in [-0.3, -0.25) is 9.36 Å². The van der Waals surface area contributed by atoms with E-state index in [9.17, 15) is 9.59 Å². The minimum atomic E-state index is -0.476. The van der Waals surface area contributed by atoms with Crippen molar-refractivity contribution in [3.63, 3.8) is 0 Å². The second-order valence-corrected chi connectivity index (χ2v) is 7.27. The number of aryl methyl sites for hydroxylation is 2. The Balaban J connectivity index is 1.34. The summed E-state index contributed by atoms with van der Waals surface area (Å²) in [4.78, 5) is 28.5. The Bertz CT molecular complexity index is 1170. The number of benzene rings is 2. The maximum atomic E-state index is 12.1. The smallest absolute Gasteiger partial charge is 0.419 e. The van der Waals surface area contributed by atoms with E-state index in [0.717, 1.165) is 10.6 Å². The lowest BCUT2D eigenvalue weighted by atomic mass is 10.2. The highest BCUT2D eigenvalue weighted by atomic mass is 32.1. The van der Waals surface area contributed by atoms with E-state index in [4.69, 9.17) is 9.15 Å². The molecule has 2 aromatic carbocycles. The van der Waals surface area contributed by atoms with Crippen molar-refractivity contribution in [2.24, 2.45) is 0 Å². The van der Waals surface area contributed by atoms with Gasteiger partial charge in [-0.1, -0.05) is 42.0 Å². The molecular formula is C21H18N2O4S. The predicted molar refractivity (Wildman–Crippen MR) is 107 cm³/mol. The first-order valence-corrected chi connectivity index (χ1v) is 9.73. The topological polar surface area (TPSA) is 74.3 Å². The molecule has 0 aliphatic carbocycles. The van der Waals surface area contributed by atoms with Crippen molar-refractivity contribution in [3.05, 3.63) is 75.7 Å².